The van der Waals surface area contributed by atoms with E-state index in [9.17, 15) is 13.2 Å². The van der Waals surface area contributed by atoms with Crippen LogP contribution in [0.25, 0.3) is 0 Å². The molecule has 1 unspecified atom stereocenters. The van der Waals surface area contributed by atoms with Crippen LogP contribution in [0.5, 0.6) is 0 Å². The van der Waals surface area contributed by atoms with Gasteiger partial charge in [-0.05, 0) is 44.5 Å². The second kappa shape index (κ2) is 6.45. The molecule has 2 aliphatic heterocycles. The summed E-state index contributed by atoms with van der Waals surface area (Å²) in [5, 5.41) is 6.52. The minimum absolute atomic E-state index is 0.0390. The van der Waals surface area contributed by atoms with Gasteiger partial charge in [-0.3, -0.25) is 4.79 Å². The molecule has 0 aliphatic carbocycles. The fraction of sp³-hybridized carbons (Fsp3) is 0.600. The number of likely N-dealkylation sites (tertiary alicyclic amines) is 1. The number of nitrogens with one attached hydrogen (secondary N) is 2. The molecular formula is C15H22N4O3S. The van der Waals surface area contributed by atoms with E-state index in [1.54, 1.807) is 6.07 Å². The average Bonchev–Trinajstić information content (AvgIpc) is 2.89. The number of carbonyl (C=O) groups excluding carboxylic acids is 1. The van der Waals surface area contributed by atoms with Crippen LogP contribution in [-0.4, -0.2) is 62.2 Å². The molecule has 2 aliphatic rings. The molecule has 2 N–H and O–H groups in total. The third-order valence-electron chi connectivity index (χ3n) is 4.45. The zero-order chi connectivity index (χ0) is 16.4. The summed E-state index contributed by atoms with van der Waals surface area (Å²) in [4.78, 5) is 18.5. The lowest BCUT2D eigenvalue weighted by atomic mass is 10.1. The van der Waals surface area contributed by atoms with Gasteiger partial charge in [0.2, 0.25) is 5.91 Å². The van der Waals surface area contributed by atoms with Crippen molar-refractivity contribution in [2.45, 2.75) is 36.4 Å². The number of hydrogen-bond acceptors (Lipinski definition) is 6. The van der Waals surface area contributed by atoms with Crippen LogP contribution in [0.1, 0.15) is 19.3 Å². The summed E-state index contributed by atoms with van der Waals surface area (Å²) in [6, 6.07) is 3.20. The third kappa shape index (κ3) is 3.64. The Morgan fingerprint density at radius 2 is 2.00 bits per heavy atom. The Balaban J connectivity index is 1.63. The molecule has 1 aromatic rings. The van der Waals surface area contributed by atoms with E-state index in [4.69, 9.17) is 0 Å². The maximum Gasteiger partial charge on any atom is 0.245 e. The Kier molecular flexibility index (Phi) is 4.54. The molecule has 8 heteroatoms. The first kappa shape index (κ1) is 16.2. The highest BCUT2D eigenvalue weighted by atomic mass is 32.2. The molecule has 0 radical (unpaired) electrons. The van der Waals surface area contributed by atoms with Crippen molar-refractivity contribution < 1.29 is 13.2 Å². The van der Waals surface area contributed by atoms with Crippen molar-refractivity contribution in [2.75, 3.05) is 31.2 Å². The first-order valence-electron chi connectivity index (χ1n) is 7.89. The van der Waals surface area contributed by atoms with Crippen LogP contribution in [0.3, 0.4) is 0 Å². The summed E-state index contributed by atoms with van der Waals surface area (Å²) < 4.78 is 22.8. The number of aromatic nitrogens is 1. The van der Waals surface area contributed by atoms with Crippen molar-refractivity contribution in [2.24, 2.45) is 0 Å². The van der Waals surface area contributed by atoms with Gasteiger partial charge in [0.05, 0.1) is 11.9 Å². The van der Waals surface area contributed by atoms with Crippen LogP contribution in [0.4, 0.5) is 5.69 Å². The minimum Gasteiger partial charge on any atom is -0.372 e. The zero-order valence-corrected chi connectivity index (χ0v) is 14.0. The maximum atomic E-state index is 12.6. The van der Waals surface area contributed by atoms with Gasteiger partial charge < -0.3 is 15.5 Å². The summed E-state index contributed by atoms with van der Waals surface area (Å²) in [5.74, 6) is 0.129. The Labute approximate surface area is 136 Å². The Morgan fingerprint density at radius 1 is 1.26 bits per heavy atom. The molecule has 1 amide bonds. The summed E-state index contributed by atoms with van der Waals surface area (Å²) in [6.07, 6.45) is 5.36. The number of pyridine rings is 1. The van der Waals surface area contributed by atoms with Gasteiger partial charge in [0.25, 0.3) is 0 Å². The smallest absolute Gasteiger partial charge is 0.245 e. The monoisotopic (exact) mass is 338 g/mol. The van der Waals surface area contributed by atoms with Crippen molar-refractivity contribution in [3.05, 3.63) is 18.3 Å². The van der Waals surface area contributed by atoms with Crippen molar-refractivity contribution in [1.82, 2.24) is 15.2 Å². The number of hydrogen-bond donors (Lipinski definition) is 2. The molecule has 0 bridgehead atoms. The Hall–Kier alpha value is -1.67. The maximum absolute atomic E-state index is 12.6. The summed E-state index contributed by atoms with van der Waals surface area (Å²) >= 11 is 0. The van der Waals surface area contributed by atoms with Gasteiger partial charge in [-0.15, -0.1) is 0 Å². The van der Waals surface area contributed by atoms with E-state index in [0.717, 1.165) is 45.2 Å². The molecule has 7 nitrogen and oxygen atoms in total. The lowest BCUT2D eigenvalue weighted by molar-refractivity contribution is -0.130. The number of anilines is 1. The van der Waals surface area contributed by atoms with Crippen LogP contribution in [-0.2, 0) is 14.6 Å². The van der Waals surface area contributed by atoms with Crippen LogP contribution in [0.15, 0.2) is 23.4 Å². The molecule has 1 aromatic heterocycles. The second-order valence-corrected chi connectivity index (χ2v) is 8.12. The van der Waals surface area contributed by atoms with E-state index in [1.807, 2.05) is 4.90 Å². The average molecular weight is 338 g/mol. The standard InChI is InChI=1S/C15H22N4O3S/c1-23(21,22)14-3-2-11(10-17-14)18-13-6-9-19(15(13)20)12-4-7-16-8-5-12/h2-3,10,12-13,16,18H,4-9H2,1H3. The van der Waals surface area contributed by atoms with E-state index in [0.29, 0.717) is 11.7 Å². The fourth-order valence-electron chi connectivity index (χ4n) is 3.20. The lowest BCUT2D eigenvalue weighted by Gasteiger charge is -2.31. The van der Waals surface area contributed by atoms with Crippen LogP contribution < -0.4 is 10.6 Å². The predicted molar refractivity (Wildman–Crippen MR) is 87.0 cm³/mol. The molecule has 0 spiro atoms. The predicted octanol–water partition coefficient (Wildman–Crippen LogP) is 0.250. The molecule has 3 rings (SSSR count). The van der Waals surface area contributed by atoms with E-state index in [-0.39, 0.29) is 17.0 Å². The molecule has 126 valence electrons. The van der Waals surface area contributed by atoms with Gasteiger partial charge in [0.15, 0.2) is 14.9 Å². The largest absolute Gasteiger partial charge is 0.372 e. The van der Waals surface area contributed by atoms with Gasteiger partial charge in [-0.2, -0.15) is 0 Å². The van der Waals surface area contributed by atoms with Gasteiger partial charge >= 0.3 is 0 Å². The van der Waals surface area contributed by atoms with E-state index in [2.05, 4.69) is 15.6 Å². The molecule has 2 saturated heterocycles. The fourth-order valence-corrected chi connectivity index (χ4v) is 3.76. The molecular weight excluding hydrogens is 316 g/mol. The summed E-state index contributed by atoms with van der Waals surface area (Å²) in [6.45, 7) is 2.70. The number of carbonyl (C=O) groups is 1. The minimum atomic E-state index is -3.30. The van der Waals surface area contributed by atoms with E-state index in [1.165, 1.54) is 12.3 Å². The molecule has 2 fully saturated rings. The van der Waals surface area contributed by atoms with Crippen LogP contribution >= 0.6 is 0 Å². The first-order valence-corrected chi connectivity index (χ1v) is 9.78. The molecule has 0 aromatic carbocycles. The third-order valence-corrected chi connectivity index (χ3v) is 5.45. The van der Waals surface area contributed by atoms with Crippen molar-refractivity contribution in [1.29, 1.82) is 0 Å². The van der Waals surface area contributed by atoms with E-state index < -0.39 is 9.84 Å². The van der Waals surface area contributed by atoms with Crippen molar-refractivity contribution in [3.8, 4) is 0 Å². The Bertz CT molecular complexity index is 668. The molecule has 1 atom stereocenters. The molecule has 3 heterocycles. The summed E-state index contributed by atoms with van der Waals surface area (Å²) in [7, 11) is -3.30. The molecule has 23 heavy (non-hydrogen) atoms. The number of rotatable bonds is 4. The van der Waals surface area contributed by atoms with Crippen LogP contribution in [0.2, 0.25) is 0 Å². The zero-order valence-electron chi connectivity index (χ0n) is 13.2. The Morgan fingerprint density at radius 3 is 2.61 bits per heavy atom. The van der Waals surface area contributed by atoms with Crippen molar-refractivity contribution in [3.63, 3.8) is 0 Å². The van der Waals surface area contributed by atoms with Crippen molar-refractivity contribution >= 4 is 21.4 Å². The van der Waals surface area contributed by atoms with Gasteiger partial charge in [0, 0.05) is 18.8 Å². The second-order valence-electron chi connectivity index (χ2n) is 6.16. The normalized spacial score (nSPS) is 23.3. The van der Waals surface area contributed by atoms with Gasteiger partial charge in [-0.1, -0.05) is 0 Å². The van der Waals surface area contributed by atoms with E-state index >= 15 is 0 Å². The summed E-state index contributed by atoms with van der Waals surface area (Å²) in [5.41, 5.74) is 0.669. The molecule has 0 saturated carbocycles. The van der Waals surface area contributed by atoms with Gasteiger partial charge in [-0.25, -0.2) is 13.4 Å². The number of nitrogens with zero attached hydrogens (tertiary/aromatic N) is 2. The quantitative estimate of drug-likeness (QED) is 0.818. The number of sulfone groups is 1. The lowest BCUT2D eigenvalue weighted by Crippen LogP contribution is -2.45. The highest BCUT2D eigenvalue weighted by Gasteiger charge is 2.36. The van der Waals surface area contributed by atoms with Crippen LogP contribution in [0, 0.1) is 0 Å². The topological polar surface area (TPSA) is 91.4 Å². The SMILES string of the molecule is CS(=O)(=O)c1ccc(NC2CCN(C3CCNCC3)C2=O)cn1. The highest BCUT2D eigenvalue weighted by Crippen LogP contribution is 2.22. The highest BCUT2D eigenvalue weighted by molar-refractivity contribution is 7.90. The van der Waals surface area contributed by atoms with Gasteiger partial charge in [0.1, 0.15) is 6.04 Å². The first-order chi connectivity index (χ1) is 10.9. The number of amides is 1. The number of piperidine rings is 1.